The lowest BCUT2D eigenvalue weighted by Crippen LogP contribution is -2.38. The van der Waals surface area contributed by atoms with E-state index in [1.165, 1.54) is 7.11 Å². The Kier molecular flexibility index (Phi) is 7.63. The Labute approximate surface area is 158 Å². The van der Waals surface area contributed by atoms with Gasteiger partial charge in [0, 0.05) is 24.9 Å². The van der Waals surface area contributed by atoms with Gasteiger partial charge < -0.3 is 24.8 Å². The number of anilines is 1. The number of methoxy groups -OCH3 is 2. The van der Waals surface area contributed by atoms with Crippen molar-refractivity contribution >= 4 is 17.5 Å². The lowest BCUT2D eigenvalue weighted by atomic mass is 10.1. The summed E-state index contributed by atoms with van der Waals surface area (Å²) in [5.41, 5.74) is 1.29. The predicted octanol–water partition coefficient (Wildman–Crippen LogP) is 2.54. The van der Waals surface area contributed by atoms with Crippen molar-refractivity contribution in [3.05, 3.63) is 54.1 Å². The summed E-state index contributed by atoms with van der Waals surface area (Å²) >= 11 is 0. The van der Waals surface area contributed by atoms with Gasteiger partial charge in [-0.05, 0) is 37.3 Å². The molecule has 1 unspecified atom stereocenters. The normalized spacial score (nSPS) is 11.4. The molecule has 2 amide bonds. The number of carbonyl (C=O) groups is 2. The highest BCUT2D eigenvalue weighted by molar-refractivity contribution is 6.39. The zero-order valence-electron chi connectivity index (χ0n) is 15.7. The molecule has 27 heavy (non-hydrogen) atoms. The van der Waals surface area contributed by atoms with Gasteiger partial charge in [0.1, 0.15) is 17.6 Å². The zero-order valence-corrected chi connectivity index (χ0v) is 15.7. The summed E-state index contributed by atoms with van der Waals surface area (Å²) in [5, 5.41) is 5.12. The molecule has 1 atom stereocenters. The van der Waals surface area contributed by atoms with Crippen LogP contribution in [0.4, 0.5) is 5.69 Å². The molecule has 0 heterocycles. The maximum atomic E-state index is 12.1. The van der Waals surface area contributed by atoms with Gasteiger partial charge >= 0.3 is 11.8 Å². The molecule has 2 N–H and O–H groups in total. The molecule has 7 nitrogen and oxygen atoms in total. The van der Waals surface area contributed by atoms with Crippen LogP contribution < -0.4 is 20.1 Å². The fourth-order valence-electron chi connectivity index (χ4n) is 2.51. The first-order valence-corrected chi connectivity index (χ1v) is 8.56. The lowest BCUT2D eigenvalue weighted by Gasteiger charge is -2.18. The van der Waals surface area contributed by atoms with Crippen LogP contribution >= 0.6 is 0 Å². The van der Waals surface area contributed by atoms with Crippen LogP contribution in [-0.2, 0) is 14.3 Å². The Morgan fingerprint density at radius 2 is 1.70 bits per heavy atom. The molecule has 2 aromatic rings. The van der Waals surface area contributed by atoms with E-state index in [0.717, 1.165) is 5.56 Å². The van der Waals surface area contributed by atoms with E-state index in [4.69, 9.17) is 14.2 Å². The van der Waals surface area contributed by atoms with E-state index in [1.54, 1.807) is 31.4 Å². The third kappa shape index (κ3) is 5.72. The molecular formula is C20H24N2O5. The smallest absolute Gasteiger partial charge is 0.313 e. The Balaban J connectivity index is 1.92. The van der Waals surface area contributed by atoms with Crippen LogP contribution in [0.5, 0.6) is 11.5 Å². The van der Waals surface area contributed by atoms with Crippen molar-refractivity contribution in [3.63, 3.8) is 0 Å². The van der Waals surface area contributed by atoms with Crippen LogP contribution in [0.1, 0.15) is 18.6 Å². The number of benzene rings is 2. The fourth-order valence-corrected chi connectivity index (χ4v) is 2.51. The lowest BCUT2D eigenvalue weighted by molar-refractivity contribution is -0.136. The number of para-hydroxylation sites is 1. The number of hydrogen-bond donors (Lipinski definition) is 2. The van der Waals surface area contributed by atoms with Gasteiger partial charge in [0.05, 0.1) is 13.7 Å². The first kappa shape index (κ1) is 20.3. The van der Waals surface area contributed by atoms with Crippen LogP contribution in [0.3, 0.4) is 0 Å². The molecule has 0 aliphatic heterocycles. The van der Waals surface area contributed by atoms with E-state index in [1.807, 2.05) is 31.2 Å². The van der Waals surface area contributed by atoms with Crippen molar-refractivity contribution in [2.24, 2.45) is 0 Å². The average molecular weight is 372 g/mol. The Bertz CT molecular complexity index is 761. The summed E-state index contributed by atoms with van der Waals surface area (Å²) < 4.78 is 16.1. The van der Waals surface area contributed by atoms with Gasteiger partial charge in [-0.3, -0.25) is 9.59 Å². The molecule has 2 rings (SSSR count). The molecule has 0 aliphatic rings. The summed E-state index contributed by atoms with van der Waals surface area (Å²) in [4.78, 5) is 24.2. The van der Waals surface area contributed by atoms with E-state index in [0.29, 0.717) is 23.8 Å². The first-order chi connectivity index (χ1) is 13.1. The van der Waals surface area contributed by atoms with Crippen LogP contribution in [0, 0.1) is 0 Å². The van der Waals surface area contributed by atoms with Crippen LogP contribution in [0.25, 0.3) is 0 Å². The molecule has 0 aromatic heterocycles. The predicted molar refractivity (Wildman–Crippen MR) is 102 cm³/mol. The van der Waals surface area contributed by atoms with Gasteiger partial charge in [0.25, 0.3) is 0 Å². The molecule has 0 saturated heterocycles. The highest BCUT2D eigenvalue weighted by atomic mass is 16.5. The maximum absolute atomic E-state index is 12.1. The number of rotatable bonds is 8. The van der Waals surface area contributed by atoms with Crippen LogP contribution in [-0.4, -0.2) is 39.2 Å². The summed E-state index contributed by atoms with van der Waals surface area (Å²) in [6.07, 6.45) is -0.441. The van der Waals surface area contributed by atoms with Crippen molar-refractivity contribution in [2.75, 3.05) is 32.7 Å². The zero-order chi connectivity index (χ0) is 19.6. The summed E-state index contributed by atoms with van der Waals surface area (Å²) in [7, 11) is 3.09. The number of amides is 2. The molecule has 0 radical (unpaired) electrons. The molecule has 7 heteroatoms. The third-order valence-electron chi connectivity index (χ3n) is 3.85. The monoisotopic (exact) mass is 372 g/mol. The standard InChI is InChI=1S/C20H24N2O5/c1-4-27-15-11-9-14(10-12-15)22-20(24)19(23)21-13-18(26-3)16-7-5-6-8-17(16)25-2/h5-12,18H,4,13H2,1-3H3,(H,21,23)(H,22,24). The second kappa shape index (κ2) is 10.2. The largest absolute Gasteiger partial charge is 0.496 e. The second-order valence-electron chi connectivity index (χ2n) is 5.59. The number of carbonyl (C=O) groups excluding carboxylic acids is 2. The second-order valence-corrected chi connectivity index (χ2v) is 5.59. The topological polar surface area (TPSA) is 85.9 Å². The molecule has 2 aromatic carbocycles. The van der Waals surface area contributed by atoms with E-state index >= 15 is 0 Å². The van der Waals surface area contributed by atoms with E-state index < -0.39 is 17.9 Å². The molecule has 0 spiro atoms. The van der Waals surface area contributed by atoms with Crippen molar-refractivity contribution in [2.45, 2.75) is 13.0 Å². The van der Waals surface area contributed by atoms with Crippen LogP contribution in [0.2, 0.25) is 0 Å². The molecule has 0 bridgehead atoms. The molecule has 0 fully saturated rings. The SMILES string of the molecule is CCOc1ccc(NC(=O)C(=O)NCC(OC)c2ccccc2OC)cc1. The molecule has 0 aliphatic carbocycles. The third-order valence-corrected chi connectivity index (χ3v) is 3.85. The van der Waals surface area contributed by atoms with Gasteiger partial charge in [-0.2, -0.15) is 0 Å². The number of nitrogens with one attached hydrogen (secondary N) is 2. The van der Waals surface area contributed by atoms with Gasteiger partial charge in [-0.15, -0.1) is 0 Å². The summed E-state index contributed by atoms with van der Waals surface area (Å²) in [6, 6.07) is 14.1. The van der Waals surface area contributed by atoms with E-state index in [2.05, 4.69) is 10.6 Å². The van der Waals surface area contributed by atoms with Gasteiger partial charge in [-0.25, -0.2) is 0 Å². The van der Waals surface area contributed by atoms with Gasteiger partial charge in [0.2, 0.25) is 0 Å². The van der Waals surface area contributed by atoms with Crippen molar-refractivity contribution in [1.29, 1.82) is 0 Å². The fraction of sp³-hybridized carbons (Fsp3) is 0.300. The molecule has 144 valence electrons. The minimum atomic E-state index is -0.756. The highest BCUT2D eigenvalue weighted by Gasteiger charge is 2.19. The van der Waals surface area contributed by atoms with Gasteiger partial charge in [0.15, 0.2) is 0 Å². The van der Waals surface area contributed by atoms with Crippen molar-refractivity contribution in [1.82, 2.24) is 5.32 Å². The van der Waals surface area contributed by atoms with Crippen molar-refractivity contribution < 1.29 is 23.8 Å². The Hall–Kier alpha value is -3.06. The van der Waals surface area contributed by atoms with Crippen molar-refractivity contribution in [3.8, 4) is 11.5 Å². The van der Waals surface area contributed by atoms with Crippen LogP contribution in [0.15, 0.2) is 48.5 Å². The molecule has 0 saturated carbocycles. The minimum Gasteiger partial charge on any atom is -0.496 e. The summed E-state index contributed by atoms with van der Waals surface area (Å²) in [5.74, 6) is -0.160. The first-order valence-electron chi connectivity index (χ1n) is 8.56. The molecular weight excluding hydrogens is 348 g/mol. The minimum absolute atomic E-state index is 0.131. The highest BCUT2D eigenvalue weighted by Crippen LogP contribution is 2.26. The number of ether oxygens (including phenoxy) is 3. The summed E-state index contributed by atoms with van der Waals surface area (Å²) in [6.45, 7) is 2.58. The maximum Gasteiger partial charge on any atom is 0.313 e. The Morgan fingerprint density at radius 1 is 1.00 bits per heavy atom. The quantitative estimate of drug-likeness (QED) is 0.696. The average Bonchev–Trinajstić information content (AvgIpc) is 2.70. The van der Waals surface area contributed by atoms with Gasteiger partial charge in [-0.1, -0.05) is 18.2 Å². The van der Waals surface area contributed by atoms with E-state index in [-0.39, 0.29) is 6.54 Å². The Morgan fingerprint density at radius 3 is 2.33 bits per heavy atom. The van der Waals surface area contributed by atoms with E-state index in [9.17, 15) is 9.59 Å². The number of hydrogen-bond acceptors (Lipinski definition) is 5.